The van der Waals surface area contributed by atoms with Crippen LogP contribution in [-0.4, -0.2) is 54.9 Å². The maximum Gasteiger partial charge on any atom is 0.0900 e. The molecule has 4 nitrogen and oxygen atoms in total. The maximum atomic E-state index is 10.1. The van der Waals surface area contributed by atoms with Gasteiger partial charge < -0.3 is 15.2 Å². The van der Waals surface area contributed by atoms with Crippen LogP contribution in [0.3, 0.4) is 0 Å². The van der Waals surface area contributed by atoms with Crippen molar-refractivity contribution in [2.45, 2.75) is 32.1 Å². The summed E-state index contributed by atoms with van der Waals surface area (Å²) in [6.07, 6.45) is 0.708. The summed E-state index contributed by atoms with van der Waals surface area (Å²) in [4.78, 5) is 2.37. The van der Waals surface area contributed by atoms with E-state index < -0.39 is 6.10 Å². The smallest absolute Gasteiger partial charge is 0.0900 e. The molecule has 1 aliphatic rings. The summed E-state index contributed by atoms with van der Waals surface area (Å²) in [7, 11) is 0. The van der Waals surface area contributed by atoms with Crippen LogP contribution in [0.1, 0.15) is 18.9 Å². The van der Waals surface area contributed by atoms with Crippen LogP contribution < -0.4 is 5.32 Å². The van der Waals surface area contributed by atoms with Crippen LogP contribution >= 0.6 is 0 Å². The summed E-state index contributed by atoms with van der Waals surface area (Å²) in [6, 6.07) is 10.7. The van der Waals surface area contributed by atoms with Crippen LogP contribution in [0.4, 0.5) is 0 Å². The Hall–Kier alpha value is -0.940. The zero-order valence-corrected chi connectivity index (χ0v) is 12.3. The van der Waals surface area contributed by atoms with Gasteiger partial charge in [-0.15, -0.1) is 0 Å². The van der Waals surface area contributed by atoms with Crippen LogP contribution in [0.25, 0.3) is 0 Å². The van der Waals surface area contributed by atoms with Crippen molar-refractivity contribution in [3.8, 4) is 0 Å². The molecule has 4 heteroatoms. The van der Waals surface area contributed by atoms with E-state index in [2.05, 4.69) is 17.1 Å². The summed E-state index contributed by atoms with van der Waals surface area (Å²) >= 11 is 0. The van der Waals surface area contributed by atoms with E-state index in [1.807, 2.05) is 30.3 Å². The highest BCUT2D eigenvalue weighted by atomic mass is 16.5. The Balaban J connectivity index is 1.66. The molecule has 2 N–H and O–H groups in total. The first kappa shape index (κ1) is 15.4. The Labute approximate surface area is 121 Å². The van der Waals surface area contributed by atoms with Crippen molar-refractivity contribution in [3.63, 3.8) is 0 Å². The fourth-order valence-corrected chi connectivity index (χ4v) is 2.45. The number of rotatable bonds is 9. The molecule has 1 saturated heterocycles. The van der Waals surface area contributed by atoms with Crippen molar-refractivity contribution >= 4 is 0 Å². The number of ether oxygens (including phenoxy) is 1. The molecule has 20 heavy (non-hydrogen) atoms. The molecule has 112 valence electrons. The lowest BCUT2D eigenvalue weighted by molar-refractivity contribution is -0.00275. The Morgan fingerprint density at radius 3 is 2.70 bits per heavy atom. The third-order valence-electron chi connectivity index (χ3n) is 3.65. The molecule has 1 unspecified atom stereocenters. The fraction of sp³-hybridized carbons (Fsp3) is 0.625. The van der Waals surface area contributed by atoms with E-state index in [1.54, 1.807) is 0 Å². The first-order valence-electron chi connectivity index (χ1n) is 7.54. The largest absolute Gasteiger partial charge is 0.389 e. The number of hydrogen-bond donors (Lipinski definition) is 2. The van der Waals surface area contributed by atoms with Gasteiger partial charge in [-0.2, -0.15) is 0 Å². The second-order valence-corrected chi connectivity index (χ2v) is 5.46. The van der Waals surface area contributed by atoms with Crippen molar-refractivity contribution in [1.29, 1.82) is 0 Å². The fourth-order valence-electron chi connectivity index (χ4n) is 2.45. The number of nitrogens with one attached hydrogen (secondary N) is 1. The van der Waals surface area contributed by atoms with Crippen LogP contribution in [0, 0.1) is 0 Å². The SMILES string of the molecule is CCCN(CC(O)COCc1ccccc1)C1CNC1. The van der Waals surface area contributed by atoms with E-state index in [0.717, 1.165) is 31.6 Å². The van der Waals surface area contributed by atoms with Crippen molar-refractivity contribution in [2.75, 3.05) is 32.8 Å². The number of benzene rings is 1. The second-order valence-electron chi connectivity index (χ2n) is 5.46. The molecule has 0 saturated carbocycles. The lowest BCUT2D eigenvalue weighted by Gasteiger charge is -2.39. The van der Waals surface area contributed by atoms with Gasteiger partial charge in [0, 0.05) is 25.7 Å². The minimum absolute atomic E-state index is 0.398. The Morgan fingerprint density at radius 1 is 1.35 bits per heavy atom. The Morgan fingerprint density at radius 2 is 2.10 bits per heavy atom. The average Bonchev–Trinajstić information content (AvgIpc) is 2.38. The van der Waals surface area contributed by atoms with Gasteiger partial charge in [-0.25, -0.2) is 0 Å². The van der Waals surface area contributed by atoms with E-state index in [-0.39, 0.29) is 0 Å². The van der Waals surface area contributed by atoms with Crippen LogP contribution in [0.2, 0.25) is 0 Å². The first-order valence-corrected chi connectivity index (χ1v) is 7.54. The van der Waals surface area contributed by atoms with E-state index in [0.29, 0.717) is 25.8 Å². The molecule has 1 aromatic rings. The van der Waals surface area contributed by atoms with Gasteiger partial charge in [0.15, 0.2) is 0 Å². The molecule has 0 aromatic heterocycles. The molecule has 1 fully saturated rings. The summed E-state index contributed by atoms with van der Waals surface area (Å²) in [6.45, 7) is 6.97. The quantitative estimate of drug-likeness (QED) is 0.713. The number of aliphatic hydroxyl groups is 1. The van der Waals surface area contributed by atoms with Crippen molar-refractivity contribution in [2.24, 2.45) is 0 Å². The van der Waals surface area contributed by atoms with Gasteiger partial charge in [0.25, 0.3) is 0 Å². The van der Waals surface area contributed by atoms with E-state index in [9.17, 15) is 5.11 Å². The molecule has 0 radical (unpaired) electrons. The van der Waals surface area contributed by atoms with Crippen molar-refractivity contribution < 1.29 is 9.84 Å². The minimum Gasteiger partial charge on any atom is -0.389 e. The van der Waals surface area contributed by atoms with Crippen molar-refractivity contribution in [3.05, 3.63) is 35.9 Å². The Kier molecular flexibility index (Phi) is 6.47. The molecule has 1 atom stereocenters. The van der Waals surface area contributed by atoms with Gasteiger partial charge in [-0.1, -0.05) is 37.3 Å². The third kappa shape index (κ3) is 4.87. The van der Waals surface area contributed by atoms with Gasteiger partial charge in [-0.3, -0.25) is 4.90 Å². The normalized spacial score (nSPS) is 17.1. The van der Waals surface area contributed by atoms with E-state index in [4.69, 9.17) is 4.74 Å². The second kappa shape index (κ2) is 8.37. The van der Waals surface area contributed by atoms with Gasteiger partial charge in [-0.05, 0) is 18.5 Å². The summed E-state index contributed by atoms with van der Waals surface area (Å²) in [5, 5.41) is 13.4. The topological polar surface area (TPSA) is 44.7 Å². The highest BCUT2D eigenvalue weighted by molar-refractivity contribution is 5.13. The molecule has 0 spiro atoms. The Bertz CT molecular complexity index is 368. The molecule has 1 heterocycles. The number of nitrogens with zero attached hydrogens (tertiary/aromatic N) is 1. The molecular formula is C16H26N2O2. The summed E-state index contributed by atoms with van der Waals surface area (Å²) in [5.74, 6) is 0. The standard InChI is InChI=1S/C16H26N2O2/c1-2-8-18(15-9-17-10-15)11-16(19)13-20-12-14-6-4-3-5-7-14/h3-7,15-17,19H,2,8-13H2,1H3. The van der Waals surface area contributed by atoms with Gasteiger partial charge >= 0.3 is 0 Å². The third-order valence-corrected chi connectivity index (χ3v) is 3.65. The van der Waals surface area contributed by atoms with E-state index >= 15 is 0 Å². The monoisotopic (exact) mass is 278 g/mol. The molecule has 1 aliphatic heterocycles. The number of aliphatic hydroxyl groups excluding tert-OH is 1. The van der Waals surface area contributed by atoms with Crippen LogP contribution in [-0.2, 0) is 11.3 Å². The lowest BCUT2D eigenvalue weighted by atomic mass is 10.1. The van der Waals surface area contributed by atoms with E-state index in [1.165, 1.54) is 0 Å². The number of hydrogen-bond acceptors (Lipinski definition) is 4. The predicted molar refractivity (Wildman–Crippen MR) is 80.6 cm³/mol. The highest BCUT2D eigenvalue weighted by Gasteiger charge is 2.25. The van der Waals surface area contributed by atoms with Gasteiger partial charge in [0.2, 0.25) is 0 Å². The average molecular weight is 278 g/mol. The van der Waals surface area contributed by atoms with Crippen LogP contribution in [0.15, 0.2) is 30.3 Å². The molecule has 0 amide bonds. The summed E-state index contributed by atoms with van der Waals surface area (Å²) in [5.41, 5.74) is 1.15. The highest BCUT2D eigenvalue weighted by Crippen LogP contribution is 2.08. The molecule has 2 rings (SSSR count). The van der Waals surface area contributed by atoms with Crippen LogP contribution in [0.5, 0.6) is 0 Å². The molecule has 1 aromatic carbocycles. The minimum atomic E-state index is -0.411. The molecule has 0 bridgehead atoms. The zero-order valence-electron chi connectivity index (χ0n) is 12.3. The predicted octanol–water partition coefficient (Wildman–Crippen LogP) is 1.25. The maximum absolute atomic E-state index is 10.1. The lowest BCUT2D eigenvalue weighted by Crippen LogP contribution is -2.58. The van der Waals surface area contributed by atoms with Gasteiger partial charge in [0.05, 0.1) is 19.3 Å². The van der Waals surface area contributed by atoms with Gasteiger partial charge in [0.1, 0.15) is 0 Å². The summed E-state index contributed by atoms with van der Waals surface area (Å²) < 4.78 is 5.60. The first-order chi connectivity index (χ1) is 9.79. The molecular weight excluding hydrogens is 252 g/mol. The zero-order chi connectivity index (χ0) is 14.2. The van der Waals surface area contributed by atoms with Crippen molar-refractivity contribution in [1.82, 2.24) is 10.2 Å². The molecule has 0 aliphatic carbocycles.